The van der Waals surface area contributed by atoms with Crippen molar-refractivity contribution in [2.75, 3.05) is 27.2 Å². The highest BCUT2D eigenvalue weighted by molar-refractivity contribution is 5.80. The number of halogens is 7. The Balaban J connectivity index is 1.58. The van der Waals surface area contributed by atoms with Gasteiger partial charge in [0, 0.05) is 37.9 Å². The number of esters is 1. The molecule has 1 saturated heterocycles. The number of ether oxygens (including phenoxy) is 1. The number of rotatable bonds is 7. The zero-order valence-electron chi connectivity index (χ0n) is 25.8. The molecule has 1 aliphatic heterocycles. The van der Waals surface area contributed by atoms with Crippen molar-refractivity contribution in [2.45, 2.75) is 82.7 Å². The highest BCUT2D eigenvalue weighted by Crippen LogP contribution is 2.42. The normalized spacial score (nSPS) is 23.8. The third-order valence-corrected chi connectivity index (χ3v) is 9.63. The predicted octanol–water partition coefficient (Wildman–Crippen LogP) is 7.92. The molecule has 0 N–H and O–H groups in total. The summed E-state index contributed by atoms with van der Waals surface area (Å²) in [6.07, 6.45) is -5.78. The Morgan fingerprint density at radius 2 is 1.56 bits per heavy atom. The second kappa shape index (κ2) is 13.7. The van der Waals surface area contributed by atoms with Crippen LogP contribution >= 0.6 is 0 Å². The molecule has 248 valence electrons. The molecule has 2 aliphatic rings. The molecular weight excluding hydrogens is 605 g/mol. The van der Waals surface area contributed by atoms with Gasteiger partial charge in [-0.1, -0.05) is 6.07 Å². The van der Waals surface area contributed by atoms with Gasteiger partial charge in [-0.25, -0.2) is 4.39 Å². The van der Waals surface area contributed by atoms with Crippen molar-refractivity contribution in [3.05, 3.63) is 70.0 Å². The van der Waals surface area contributed by atoms with Crippen LogP contribution in [0.3, 0.4) is 0 Å². The lowest BCUT2D eigenvalue weighted by atomic mass is 9.76. The third kappa shape index (κ3) is 8.17. The van der Waals surface area contributed by atoms with E-state index in [1.54, 1.807) is 13.0 Å². The Morgan fingerprint density at radius 1 is 0.956 bits per heavy atom. The van der Waals surface area contributed by atoms with Crippen LogP contribution in [0.1, 0.15) is 85.2 Å². The summed E-state index contributed by atoms with van der Waals surface area (Å²) >= 11 is 0. The Hall–Kier alpha value is -3.15. The minimum Gasteiger partial charge on any atom is -0.469 e. The smallest absolute Gasteiger partial charge is 0.416 e. The molecule has 1 amide bonds. The van der Waals surface area contributed by atoms with E-state index in [1.165, 1.54) is 38.1 Å². The monoisotopic (exact) mass is 644 g/mol. The molecule has 0 aromatic heterocycles. The van der Waals surface area contributed by atoms with E-state index in [9.17, 15) is 40.3 Å². The number of amides is 1. The standard InChI is InChI=1S/C33H39F7N2O3/c1-19-13-25(34)7-10-27(19)29-18-42(26-8-5-21(6-9-26)14-30(43)45-4)12-11-28(29)31(44)41(3)20(2)22-15-23(32(35,36)37)17-24(16-22)33(38,39)40/h7,10,13,15-17,20-21,26,28-29H,5-6,8-9,11-12,14,18H2,1-4H3/t20-,21?,26?,28-,29+/m0/s1. The number of benzene rings is 2. The number of piperidine rings is 1. The van der Waals surface area contributed by atoms with Crippen molar-refractivity contribution in [3.63, 3.8) is 0 Å². The van der Waals surface area contributed by atoms with E-state index >= 15 is 0 Å². The third-order valence-electron chi connectivity index (χ3n) is 9.63. The number of aryl methyl sites for hydroxylation is 1. The summed E-state index contributed by atoms with van der Waals surface area (Å²) in [7, 11) is 2.76. The largest absolute Gasteiger partial charge is 0.469 e. The Kier molecular flexibility index (Phi) is 10.6. The van der Waals surface area contributed by atoms with Gasteiger partial charge >= 0.3 is 18.3 Å². The van der Waals surface area contributed by atoms with Crippen molar-refractivity contribution in [1.29, 1.82) is 0 Å². The van der Waals surface area contributed by atoms with Gasteiger partial charge in [-0.15, -0.1) is 0 Å². The maximum absolute atomic E-state index is 14.1. The molecule has 1 heterocycles. The van der Waals surface area contributed by atoms with Gasteiger partial charge in [0.2, 0.25) is 5.91 Å². The number of methoxy groups -OCH3 is 1. The number of likely N-dealkylation sites (tertiary alicyclic amines) is 1. The van der Waals surface area contributed by atoms with Gasteiger partial charge in [0.1, 0.15) is 5.82 Å². The first-order valence-electron chi connectivity index (χ1n) is 15.1. The molecule has 2 fully saturated rings. The second-order valence-corrected chi connectivity index (χ2v) is 12.4. The van der Waals surface area contributed by atoms with Crippen molar-refractivity contribution < 1.29 is 45.1 Å². The van der Waals surface area contributed by atoms with Crippen molar-refractivity contribution in [3.8, 4) is 0 Å². The molecule has 1 aliphatic carbocycles. The summed E-state index contributed by atoms with van der Waals surface area (Å²) in [5.74, 6) is -1.81. The minimum atomic E-state index is -5.01. The highest BCUT2D eigenvalue weighted by atomic mass is 19.4. The fourth-order valence-corrected chi connectivity index (χ4v) is 6.90. The molecule has 0 radical (unpaired) electrons. The number of carbonyl (C=O) groups excluding carboxylic acids is 2. The number of alkyl halides is 6. The first-order valence-corrected chi connectivity index (χ1v) is 15.1. The number of nitrogens with zero attached hydrogens (tertiary/aromatic N) is 2. The SMILES string of the molecule is COC(=O)CC1CCC(N2CC[C@H](C(=O)N(C)[C@@H](C)c3cc(C(F)(F)F)cc(C(F)(F)F)c3)[C@@H](c3ccc(F)cc3C)C2)CC1. The van der Waals surface area contributed by atoms with Crippen molar-refractivity contribution in [2.24, 2.45) is 11.8 Å². The molecular formula is C33H39F7N2O3. The van der Waals surface area contributed by atoms with E-state index in [-0.39, 0.29) is 35.5 Å². The van der Waals surface area contributed by atoms with Gasteiger partial charge in [0.25, 0.3) is 0 Å². The second-order valence-electron chi connectivity index (χ2n) is 12.4. The average molecular weight is 645 g/mol. The molecule has 45 heavy (non-hydrogen) atoms. The molecule has 2 aromatic rings. The van der Waals surface area contributed by atoms with Gasteiger partial charge < -0.3 is 9.64 Å². The van der Waals surface area contributed by atoms with Crippen LogP contribution in [-0.4, -0.2) is 55.0 Å². The van der Waals surface area contributed by atoms with Gasteiger partial charge in [-0.05, 0) is 105 Å². The zero-order valence-corrected chi connectivity index (χ0v) is 25.8. The lowest BCUT2D eigenvalue weighted by Crippen LogP contribution is -2.50. The van der Waals surface area contributed by atoms with Crippen LogP contribution in [0.2, 0.25) is 0 Å². The van der Waals surface area contributed by atoms with Crippen LogP contribution in [0.15, 0.2) is 36.4 Å². The van der Waals surface area contributed by atoms with E-state index in [2.05, 4.69) is 4.90 Å². The molecule has 0 unspecified atom stereocenters. The maximum atomic E-state index is 14.1. The van der Waals surface area contributed by atoms with Gasteiger partial charge in [-0.3, -0.25) is 14.5 Å². The van der Waals surface area contributed by atoms with Crippen molar-refractivity contribution in [1.82, 2.24) is 9.80 Å². The molecule has 1 saturated carbocycles. The summed E-state index contributed by atoms with van der Waals surface area (Å²) in [4.78, 5) is 29.3. The first-order chi connectivity index (χ1) is 21.0. The van der Waals surface area contributed by atoms with Gasteiger partial charge in [-0.2, -0.15) is 26.3 Å². The number of carbonyl (C=O) groups is 2. The molecule has 4 rings (SSSR count). The summed E-state index contributed by atoms with van der Waals surface area (Å²) in [6, 6.07) is 4.90. The van der Waals surface area contributed by atoms with E-state index in [1.807, 2.05) is 0 Å². The van der Waals surface area contributed by atoms with Crippen LogP contribution in [0.4, 0.5) is 30.7 Å². The molecule has 2 aromatic carbocycles. The van der Waals surface area contributed by atoms with E-state index in [0.717, 1.165) is 31.2 Å². The zero-order chi connectivity index (χ0) is 33.3. The quantitative estimate of drug-likeness (QED) is 0.227. The van der Waals surface area contributed by atoms with Crippen LogP contribution in [0.25, 0.3) is 0 Å². The highest BCUT2D eigenvalue weighted by Gasteiger charge is 2.42. The summed E-state index contributed by atoms with van der Waals surface area (Å²) in [6.45, 7) is 4.22. The Bertz CT molecular complexity index is 1340. The van der Waals surface area contributed by atoms with E-state index in [0.29, 0.717) is 43.6 Å². The molecule has 0 spiro atoms. The van der Waals surface area contributed by atoms with Crippen molar-refractivity contribution >= 4 is 11.9 Å². The fraction of sp³-hybridized carbons (Fsp3) is 0.576. The van der Waals surface area contributed by atoms with Crippen LogP contribution in [-0.2, 0) is 26.7 Å². The summed E-state index contributed by atoms with van der Waals surface area (Å²) in [5.41, 5.74) is -1.71. The van der Waals surface area contributed by atoms with Crippen LogP contribution < -0.4 is 0 Å². The molecule has 0 bridgehead atoms. The van der Waals surface area contributed by atoms with E-state index < -0.39 is 47.2 Å². The summed E-state index contributed by atoms with van der Waals surface area (Å²) < 4.78 is 100. The fourth-order valence-electron chi connectivity index (χ4n) is 6.90. The number of hydrogen-bond donors (Lipinski definition) is 0. The predicted molar refractivity (Wildman–Crippen MR) is 154 cm³/mol. The van der Waals surface area contributed by atoms with Gasteiger partial charge in [0.15, 0.2) is 0 Å². The number of hydrogen-bond acceptors (Lipinski definition) is 4. The van der Waals surface area contributed by atoms with Crippen LogP contribution in [0, 0.1) is 24.6 Å². The van der Waals surface area contributed by atoms with E-state index in [4.69, 9.17) is 4.74 Å². The average Bonchev–Trinajstić information content (AvgIpc) is 2.99. The maximum Gasteiger partial charge on any atom is 0.416 e. The van der Waals surface area contributed by atoms with Crippen LogP contribution in [0.5, 0.6) is 0 Å². The topological polar surface area (TPSA) is 49.9 Å². The van der Waals surface area contributed by atoms with Gasteiger partial charge in [0.05, 0.1) is 24.3 Å². The lowest BCUT2D eigenvalue weighted by molar-refractivity contribution is -0.144. The lowest BCUT2D eigenvalue weighted by Gasteiger charge is -2.45. The summed E-state index contributed by atoms with van der Waals surface area (Å²) in [5, 5.41) is 0. The molecule has 12 heteroatoms. The minimum absolute atomic E-state index is 0.0734. The molecule has 5 nitrogen and oxygen atoms in total. The molecule has 3 atom stereocenters. The Morgan fingerprint density at radius 3 is 2.09 bits per heavy atom. The Labute approximate surface area is 258 Å². The first kappa shape index (κ1) is 34.7.